The Morgan fingerprint density at radius 3 is 2.29 bits per heavy atom. The van der Waals surface area contributed by atoms with Gasteiger partial charge in [0.05, 0.1) is 16.2 Å². The number of hydrogen-bond acceptors (Lipinski definition) is 5. The number of nitrogens with two attached hydrogens (primary N) is 1. The lowest BCUT2D eigenvalue weighted by Gasteiger charge is -2.32. The molecule has 1 aliphatic rings. The van der Waals surface area contributed by atoms with E-state index in [-0.39, 0.29) is 6.61 Å². The number of primary amides is 1. The number of amides is 1. The predicted octanol–water partition coefficient (Wildman–Crippen LogP) is 3.84. The van der Waals surface area contributed by atoms with E-state index in [0.29, 0.717) is 10.8 Å². The average molecular weight is 410 g/mol. The summed E-state index contributed by atoms with van der Waals surface area (Å²) in [7, 11) is -0.509. The fourth-order valence-electron chi connectivity index (χ4n) is 2.92. The molecule has 1 fully saturated rings. The Morgan fingerprint density at radius 1 is 1.25 bits per heavy atom. The van der Waals surface area contributed by atoms with Gasteiger partial charge in [-0.2, -0.15) is 0 Å². The smallest absolute Gasteiger partial charge is 0.488 e. The fourth-order valence-corrected chi connectivity index (χ4v) is 3.17. The first-order valence-electron chi connectivity index (χ1n) is 9.17. The van der Waals surface area contributed by atoms with Gasteiger partial charge in [0.2, 0.25) is 0 Å². The molecule has 28 heavy (non-hydrogen) atoms. The summed E-state index contributed by atoms with van der Waals surface area (Å²) in [6.07, 6.45) is 0.913. The van der Waals surface area contributed by atoms with E-state index in [1.165, 1.54) is 0 Å². The molecule has 1 aromatic rings. The Hall–Kier alpha value is -1.70. The summed E-state index contributed by atoms with van der Waals surface area (Å²) < 4.78 is 23.1. The van der Waals surface area contributed by atoms with Gasteiger partial charge in [-0.25, -0.2) is 4.79 Å². The number of carbonyl (C=O) groups is 1. The topological polar surface area (TPSA) is 80.0 Å². The van der Waals surface area contributed by atoms with Gasteiger partial charge in [0.15, 0.2) is 5.60 Å². The fraction of sp³-hybridized carbons (Fsp3) is 0.550. The molecule has 1 heterocycles. The molecule has 1 aliphatic heterocycles. The van der Waals surface area contributed by atoms with Gasteiger partial charge in [-0.1, -0.05) is 23.2 Å². The second-order valence-corrected chi connectivity index (χ2v) is 8.93. The summed E-state index contributed by atoms with van der Waals surface area (Å²) >= 11 is 6.41. The van der Waals surface area contributed by atoms with Crippen molar-refractivity contribution in [1.29, 1.82) is 0 Å². The van der Waals surface area contributed by atoms with Crippen molar-refractivity contribution in [2.24, 2.45) is 5.73 Å². The molecule has 0 saturated carbocycles. The maximum Gasteiger partial charge on any atom is 0.494 e. The predicted molar refractivity (Wildman–Crippen MR) is 111 cm³/mol. The molecule has 2 rings (SSSR count). The Labute approximate surface area is 172 Å². The van der Waals surface area contributed by atoms with E-state index in [1.807, 2.05) is 47.6 Å². The molecule has 1 saturated heterocycles. The summed E-state index contributed by atoms with van der Waals surface area (Å²) in [5.74, 6) is 0.461. The third-order valence-corrected chi connectivity index (χ3v) is 5.22. The van der Waals surface area contributed by atoms with Gasteiger partial charge in [-0.15, -0.1) is 0 Å². The lowest BCUT2D eigenvalue weighted by atomic mass is 9.79. The van der Waals surface area contributed by atoms with Crippen molar-refractivity contribution >= 4 is 30.3 Å². The van der Waals surface area contributed by atoms with Gasteiger partial charge in [0, 0.05) is 0 Å². The maximum absolute atomic E-state index is 11.2. The molecule has 1 aromatic carbocycles. The summed E-state index contributed by atoms with van der Waals surface area (Å²) in [4.78, 5) is 11.2. The molecule has 1 amide bonds. The molecule has 0 radical (unpaired) electrons. The van der Waals surface area contributed by atoms with Crippen LogP contribution in [-0.2, 0) is 14.0 Å². The third kappa shape index (κ3) is 5.22. The lowest BCUT2D eigenvalue weighted by molar-refractivity contribution is 0.00578. The van der Waals surface area contributed by atoms with E-state index in [0.717, 1.165) is 11.0 Å². The van der Waals surface area contributed by atoms with Crippen molar-refractivity contribution in [2.45, 2.75) is 65.3 Å². The van der Waals surface area contributed by atoms with E-state index in [9.17, 15) is 4.79 Å². The van der Waals surface area contributed by atoms with Crippen LogP contribution in [0.4, 0.5) is 4.79 Å². The Morgan fingerprint density at radius 2 is 1.82 bits per heavy atom. The SMILES string of the molecule is CC(C)=CC(C)(COc1ccc(B2OC(C)(C)C(C)(C)O2)cc1Cl)OC(N)=O. The second-order valence-electron chi connectivity index (χ2n) is 8.52. The molecule has 0 aliphatic carbocycles. The molecule has 6 nitrogen and oxygen atoms in total. The molecule has 154 valence electrons. The Balaban J connectivity index is 2.15. The first kappa shape index (κ1) is 22.6. The number of hydrogen-bond donors (Lipinski definition) is 1. The summed E-state index contributed by atoms with van der Waals surface area (Å²) in [6.45, 7) is 13.6. The lowest BCUT2D eigenvalue weighted by Crippen LogP contribution is -2.41. The van der Waals surface area contributed by atoms with Crippen LogP contribution in [0.3, 0.4) is 0 Å². The van der Waals surface area contributed by atoms with Crippen LogP contribution in [0.25, 0.3) is 0 Å². The third-order valence-electron chi connectivity index (χ3n) is 4.92. The van der Waals surface area contributed by atoms with E-state index >= 15 is 0 Å². The minimum absolute atomic E-state index is 0.0661. The number of allylic oxidation sites excluding steroid dienone is 1. The van der Waals surface area contributed by atoms with Crippen molar-refractivity contribution < 1.29 is 23.6 Å². The minimum atomic E-state index is -1.00. The van der Waals surface area contributed by atoms with Gasteiger partial charge in [0.25, 0.3) is 0 Å². The van der Waals surface area contributed by atoms with Crippen LogP contribution in [0.1, 0.15) is 48.5 Å². The number of rotatable bonds is 6. The van der Waals surface area contributed by atoms with Gasteiger partial charge in [-0.3, -0.25) is 0 Å². The van der Waals surface area contributed by atoms with Crippen molar-refractivity contribution in [3.05, 3.63) is 34.9 Å². The highest BCUT2D eigenvalue weighted by Gasteiger charge is 2.51. The summed E-state index contributed by atoms with van der Waals surface area (Å²) in [5, 5.41) is 0.408. The largest absolute Gasteiger partial charge is 0.494 e. The zero-order valence-electron chi connectivity index (χ0n) is 17.6. The van der Waals surface area contributed by atoms with E-state index < -0.39 is 30.0 Å². The van der Waals surface area contributed by atoms with E-state index in [4.69, 9.17) is 36.1 Å². The van der Waals surface area contributed by atoms with Crippen molar-refractivity contribution in [2.75, 3.05) is 6.61 Å². The highest BCUT2D eigenvalue weighted by atomic mass is 35.5. The van der Waals surface area contributed by atoms with Crippen LogP contribution < -0.4 is 15.9 Å². The number of ether oxygens (including phenoxy) is 2. The van der Waals surface area contributed by atoms with Crippen LogP contribution in [0.5, 0.6) is 5.75 Å². The molecule has 8 heteroatoms. The summed E-state index contributed by atoms with van der Waals surface area (Å²) in [5.41, 5.74) is 5.09. The first-order valence-corrected chi connectivity index (χ1v) is 9.55. The van der Waals surface area contributed by atoms with Gasteiger partial charge in [-0.05, 0) is 72.1 Å². The zero-order valence-corrected chi connectivity index (χ0v) is 18.3. The van der Waals surface area contributed by atoms with Crippen LogP contribution in [0.2, 0.25) is 5.02 Å². The normalized spacial score (nSPS) is 19.6. The minimum Gasteiger partial charge on any atom is -0.488 e. The molecule has 0 spiro atoms. The standard InChI is InChI=1S/C20H29BClNO5/c1-13(2)11-20(7,26-17(23)24)12-25-16-9-8-14(10-15(16)22)21-27-18(3,4)19(5,6)28-21/h8-11H,12H2,1-7H3,(H2,23,24). The molecule has 1 atom stereocenters. The quantitative estimate of drug-likeness (QED) is 0.570. The molecule has 2 N–H and O–H groups in total. The molecule has 0 bridgehead atoms. The molecular weight excluding hydrogens is 380 g/mol. The highest BCUT2D eigenvalue weighted by molar-refractivity contribution is 6.62. The van der Waals surface area contributed by atoms with Crippen molar-refractivity contribution in [3.8, 4) is 5.75 Å². The summed E-state index contributed by atoms with van der Waals surface area (Å²) in [6, 6.07) is 5.35. The van der Waals surface area contributed by atoms with Gasteiger partial charge >= 0.3 is 13.2 Å². The highest BCUT2D eigenvalue weighted by Crippen LogP contribution is 2.37. The second kappa shape index (κ2) is 7.97. The number of carbonyl (C=O) groups excluding carboxylic acids is 1. The molecule has 0 aromatic heterocycles. The van der Waals surface area contributed by atoms with Crippen LogP contribution in [0, 0.1) is 0 Å². The van der Waals surface area contributed by atoms with E-state index in [2.05, 4.69) is 0 Å². The number of benzene rings is 1. The van der Waals surface area contributed by atoms with Gasteiger partial charge in [0.1, 0.15) is 12.4 Å². The van der Waals surface area contributed by atoms with Crippen molar-refractivity contribution in [1.82, 2.24) is 0 Å². The number of halogens is 1. The Bertz CT molecular complexity index is 760. The molecular formula is C20H29BClNO5. The van der Waals surface area contributed by atoms with Crippen LogP contribution >= 0.6 is 11.6 Å². The van der Waals surface area contributed by atoms with Gasteiger partial charge < -0.3 is 24.5 Å². The average Bonchev–Trinajstić information content (AvgIpc) is 2.72. The van der Waals surface area contributed by atoms with Crippen LogP contribution in [-0.4, -0.2) is 36.6 Å². The van der Waals surface area contributed by atoms with Crippen LogP contribution in [0.15, 0.2) is 29.8 Å². The van der Waals surface area contributed by atoms with Crippen molar-refractivity contribution in [3.63, 3.8) is 0 Å². The van der Waals surface area contributed by atoms with E-state index in [1.54, 1.807) is 25.1 Å². The maximum atomic E-state index is 11.2. The Kier molecular flexibility index (Phi) is 6.43. The first-order chi connectivity index (χ1) is 12.7. The zero-order chi connectivity index (χ0) is 21.3. The molecule has 1 unspecified atom stereocenters. The monoisotopic (exact) mass is 409 g/mol.